The fourth-order valence-electron chi connectivity index (χ4n) is 1.06. The molecule has 1 fully saturated rings. The third-order valence-corrected chi connectivity index (χ3v) is 1.61. The Hall–Kier alpha value is -0.570. The van der Waals surface area contributed by atoms with Crippen LogP contribution in [-0.4, -0.2) is 23.7 Å². The van der Waals surface area contributed by atoms with Crippen molar-refractivity contribution in [3.63, 3.8) is 0 Å². The number of nitrogens with one attached hydrogen (secondary N) is 1. The molecule has 3 heteroatoms. The van der Waals surface area contributed by atoms with E-state index in [-0.39, 0.29) is 6.04 Å². The summed E-state index contributed by atoms with van der Waals surface area (Å²) < 4.78 is 0. The Labute approximate surface area is 54.1 Å². The largest absolute Gasteiger partial charge is 0.480 e. The van der Waals surface area contributed by atoms with Crippen molar-refractivity contribution in [2.24, 2.45) is 0 Å². The zero-order valence-corrected chi connectivity index (χ0v) is 5.26. The normalized spacial score (nSPS) is 27.8. The van der Waals surface area contributed by atoms with Crippen molar-refractivity contribution >= 4 is 5.97 Å². The number of piperidine rings is 1. The van der Waals surface area contributed by atoms with Crippen LogP contribution < -0.4 is 5.32 Å². The molecule has 52 valence electrons. The average Bonchev–Trinajstić information content (AvgIpc) is 1.90. The molecule has 1 aliphatic heterocycles. The van der Waals surface area contributed by atoms with Gasteiger partial charge in [0.25, 0.3) is 0 Å². The molecule has 0 aromatic carbocycles. The van der Waals surface area contributed by atoms with Crippen LogP contribution in [0, 0.1) is 0 Å². The van der Waals surface area contributed by atoms with Crippen LogP contribution in [0.2, 0.25) is 0 Å². The number of rotatable bonds is 1. The first kappa shape index (κ1) is 6.55. The SMILES string of the molecule is O=[14C](O)[C@@H]1CCCCN1. The second-order valence-electron chi connectivity index (χ2n) is 2.34. The molecule has 0 unspecified atom stereocenters. The lowest BCUT2D eigenvalue weighted by Gasteiger charge is -2.18. The minimum Gasteiger partial charge on any atom is -0.480 e. The van der Waals surface area contributed by atoms with Gasteiger partial charge in [-0.1, -0.05) is 6.42 Å². The average molecular weight is 131 g/mol. The maximum Gasteiger partial charge on any atom is 0.320 e. The Morgan fingerprint density at radius 2 is 2.33 bits per heavy atom. The predicted molar refractivity (Wildman–Crippen MR) is 33.3 cm³/mol. The van der Waals surface area contributed by atoms with Gasteiger partial charge in [0.2, 0.25) is 0 Å². The number of hydrogen-bond donors (Lipinski definition) is 2. The topological polar surface area (TPSA) is 49.3 Å². The van der Waals surface area contributed by atoms with Crippen LogP contribution in [0.4, 0.5) is 0 Å². The van der Waals surface area contributed by atoms with Crippen molar-refractivity contribution in [2.75, 3.05) is 6.54 Å². The summed E-state index contributed by atoms with van der Waals surface area (Å²) in [6, 6.07) is -0.279. The van der Waals surface area contributed by atoms with Gasteiger partial charge in [0.15, 0.2) is 0 Å². The standard InChI is InChI=1S/C6H11NO2/c8-6(9)5-3-1-2-4-7-5/h5,7H,1-4H2,(H,8,9)/t5-/m0/s1/i6+2. The Balaban J connectivity index is 2.31. The molecular weight excluding hydrogens is 120 g/mol. The predicted octanol–water partition coefficient (Wildman–Crippen LogP) is 0.213. The molecule has 2 N–H and O–H groups in total. The molecule has 1 rings (SSSR count). The summed E-state index contributed by atoms with van der Waals surface area (Å²) in [5.41, 5.74) is 0. The zero-order chi connectivity index (χ0) is 6.69. The van der Waals surface area contributed by atoms with Crippen molar-refractivity contribution < 1.29 is 9.90 Å². The maximum absolute atomic E-state index is 10.3. The van der Waals surface area contributed by atoms with E-state index in [4.69, 9.17) is 5.11 Å². The molecule has 0 radical (unpaired) electrons. The van der Waals surface area contributed by atoms with E-state index >= 15 is 0 Å². The fourth-order valence-corrected chi connectivity index (χ4v) is 1.06. The first-order valence-electron chi connectivity index (χ1n) is 3.27. The quantitative estimate of drug-likeness (QED) is 0.535. The molecule has 1 heterocycles. The van der Waals surface area contributed by atoms with Crippen molar-refractivity contribution in [3.05, 3.63) is 0 Å². The van der Waals surface area contributed by atoms with E-state index in [1.54, 1.807) is 0 Å². The lowest BCUT2D eigenvalue weighted by atomic mass is 10.1. The summed E-state index contributed by atoms with van der Waals surface area (Å²) in [5.74, 6) is -0.713. The Kier molecular flexibility index (Phi) is 2.05. The lowest BCUT2D eigenvalue weighted by Crippen LogP contribution is -2.40. The van der Waals surface area contributed by atoms with Gasteiger partial charge < -0.3 is 10.4 Å². The Morgan fingerprint density at radius 3 is 2.67 bits per heavy atom. The van der Waals surface area contributed by atoms with E-state index in [0.29, 0.717) is 0 Å². The van der Waals surface area contributed by atoms with Gasteiger partial charge in [0.05, 0.1) is 0 Å². The Bertz CT molecular complexity index is 108. The molecule has 9 heavy (non-hydrogen) atoms. The monoisotopic (exact) mass is 131 g/mol. The van der Waals surface area contributed by atoms with Crippen LogP contribution in [0.5, 0.6) is 0 Å². The molecule has 1 atom stereocenters. The summed E-state index contributed by atoms with van der Waals surface area (Å²) >= 11 is 0. The van der Waals surface area contributed by atoms with E-state index in [0.717, 1.165) is 25.8 Å². The summed E-state index contributed by atoms with van der Waals surface area (Å²) in [6.45, 7) is 0.858. The molecule has 1 aliphatic rings. The number of carbonyl (C=O) groups is 1. The highest BCUT2D eigenvalue weighted by molar-refractivity contribution is 5.73. The van der Waals surface area contributed by atoms with Gasteiger partial charge in [0.1, 0.15) is 6.04 Å². The van der Waals surface area contributed by atoms with Gasteiger partial charge in [-0.05, 0) is 19.4 Å². The minimum absolute atomic E-state index is 0.279. The molecule has 0 aromatic heterocycles. The summed E-state index contributed by atoms with van der Waals surface area (Å²) in [6.07, 6.45) is 2.95. The van der Waals surface area contributed by atoms with Gasteiger partial charge in [-0.3, -0.25) is 4.79 Å². The van der Waals surface area contributed by atoms with Crippen molar-refractivity contribution in [3.8, 4) is 0 Å². The molecule has 0 saturated carbocycles. The molecule has 0 bridgehead atoms. The van der Waals surface area contributed by atoms with Gasteiger partial charge in [-0.25, -0.2) is 0 Å². The van der Waals surface area contributed by atoms with Crippen LogP contribution in [-0.2, 0) is 4.79 Å². The van der Waals surface area contributed by atoms with Crippen LogP contribution in [0.15, 0.2) is 0 Å². The second kappa shape index (κ2) is 2.82. The highest BCUT2D eigenvalue weighted by Gasteiger charge is 2.18. The highest BCUT2D eigenvalue weighted by atomic mass is 16.6. The van der Waals surface area contributed by atoms with Crippen molar-refractivity contribution in [1.82, 2.24) is 5.32 Å². The molecule has 1 saturated heterocycles. The smallest absolute Gasteiger partial charge is 0.320 e. The minimum atomic E-state index is -0.713. The third-order valence-electron chi connectivity index (χ3n) is 1.61. The van der Waals surface area contributed by atoms with Gasteiger partial charge >= 0.3 is 5.97 Å². The molecule has 3 nitrogen and oxygen atoms in total. The van der Waals surface area contributed by atoms with Gasteiger partial charge in [-0.2, -0.15) is 0 Å². The first-order chi connectivity index (χ1) is 4.30. The fraction of sp³-hybridized carbons (Fsp3) is 0.833. The number of aliphatic carboxylic acids is 1. The number of carboxylic acids is 1. The summed E-state index contributed by atoms with van der Waals surface area (Å²) in [7, 11) is 0. The Morgan fingerprint density at radius 1 is 1.56 bits per heavy atom. The maximum atomic E-state index is 10.3. The lowest BCUT2D eigenvalue weighted by molar-refractivity contribution is -0.140. The van der Waals surface area contributed by atoms with Crippen molar-refractivity contribution in [2.45, 2.75) is 25.3 Å². The van der Waals surface area contributed by atoms with Crippen LogP contribution >= 0.6 is 0 Å². The van der Waals surface area contributed by atoms with E-state index in [1.807, 2.05) is 0 Å². The number of carboxylic acid groups (broad SMARTS) is 1. The molecule has 0 spiro atoms. The van der Waals surface area contributed by atoms with E-state index in [1.165, 1.54) is 0 Å². The molecular formula is C6H11NO2. The second-order valence-corrected chi connectivity index (χ2v) is 2.34. The van der Waals surface area contributed by atoms with Crippen molar-refractivity contribution in [1.29, 1.82) is 0 Å². The first-order valence-corrected chi connectivity index (χ1v) is 3.27. The summed E-state index contributed by atoms with van der Waals surface area (Å²) in [5, 5.41) is 11.4. The van der Waals surface area contributed by atoms with E-state index in [2.05, 4.69) is 5.32 Å². The highest BCUT2D eigenvalue weighted by Crippen LogP contribution is 2.05. The van der Waals surface area contributed by atoms with E-state index in [9.17, 15) is 4.79 Å². The molecule has 0 amide bonds. The van der Waals surface area contributed by atoms with Crippen LogP contribution in [0.3, 0.4) is 0 Å². The summed E-state index contributed by atoms with van der Waals surface area (Å²) in [4.78, 5) is 10.3. The molecule has 0 aliphatic carbocycles. The number of hydrogen-bond acceptors (Lipinski definition) is 2. The zero-order valence-electron chi connectivity index (χ0n) is 5.26. The van der Waals surface area contributed by atoms with Gasteiger partial charge in [0, 0.05) is 0 Å². The van der Waals surface area contributed by atoms with Crippen LogP contribution in [0.1, 0.15) is 19.3 Å². The van der Waals surface area contributed by atoms with Gasteiger partial charge in [-0.15, -0.1) is 0 Å². The van der Waals surface area contributed by atoms with E-state index < -0.39 is 5.97 Å². The third kappa shape index (κ3) is 1.68. The molecule has 0 aromatic rings. The van der Waals surface area contributed by atoms with Crippen LogP contribution in [0.25, 0.3) is 0 Å².